The lowest BCUT2D eigenvalue weighted by atomic mass is 10.3. The van der Waals surface area contributed by atoms with Crippen molar-refractivity contribution in [3.8, 4) is 10.6 Å². The van der Waals surface area contributed by atoms with Gasteiger partial charge < -0.3 is 10.3 Å². The molecule has 0 saturated heterocycles. The Balaban J connectivity index is 2.33. The summed E-state index contributed by atoms with van der Waals surface area (Å²) in [6, 6.07) is 3.33. The molecule has 0 fully saturated rings. The van der Waals surface area contributed by atoms with Crippen LogP contribution in [-0.4, -0.2) is 22.2 Å². The summed E-state index contributed by atoms with van der Waals surface area (Å²) in [6.07, 6.45) is 1.61. The van der Waals surface area contributed by atoms with Crippen LogP contribution in [0.4, 0.5) is 0 Å². The Morgan fingerprint density at radius 2 is 2.40 bits per heavy atom. The average molecular weight is 222 g/mol. The number of pyridine rings is 1. The molecule has 2 heterocycles. The molecule has 0 aliphatic carbocycles. The van der Waals surface area contributed by atoms with Crippen LogP contribution in [-0.2, 0) is 6.54 Å². The van der Waals surface area contributed by atoms with Gasteiger partial charge in [-0.1, -0.05) is 11.3 Å². The van der Waals surface area contributed by atoms with Gasteiger partial charge in [0.15, 0.2) is 0 Å². The topological polar surface area (TPSA) is 70.7 Å². The van der Waals surface area contributed by atoms with E-state index >= 15 is 0 Å². The molecule has 2 aromatic rings. The number of nitrogens with zero attached hydrogens (tertiary/aromatic N) is 2. The molecule has 0 saturated carbocycles. The highest BCUT2D eigenvalue weighted by molar-refractivity contribution is 7.14. The van der Waals surface area contributed by atoms with Crippen LogP contribution in [0.15, 0.2) is 23.1 Å². The third-order valence-corrected chi connectivity index (χ3v) is 2.79. The van der Waals surface area contributed by atoms with Crippen LogP contribution in [0.2, 0.25) is 0 Å². The minimum atomic E-state index is -0.127. The lowest BCUT2D eigenvalue weighted by Gasteiger charge is -1.91. The van der Waals surface area contributed by atoms with Gasteiger partial charge in [0.25, 0.3) is 0 Å². The summed E-state index contributed by atoms with van der Waals surface area (Å²) < 4.78 is 0. The highest BCUT2D eigenvalue weighted by Crippen LogP contribution is 2.21. The van der Waals surface area contributed by atoms with Crippen LogP contribution >= 0.6 is 11.3 Å². The Morgan fingerprint density at radius 1 is 1.53 bits per heavy atom. The van der Waals surface area contributed by atoms with Gasteiger partial charge >= 0.3 is 0 Å². The normalized spacial score (nSPS) is 10.5. The van der Waals surface area contributed by atoms with Crippen molar-refractivity contribution in [3.05, 3.63) is 33.7 Å². The zero-order valence-electron chi connectivity index (χ0n) is 8.15. The van der Waals surface area contributed by atoms with E-state index in [1.807, 2.05) is 13.1 Å². The fraction of sp³-hybridized carbons (Fsp3) is 0.222. The van der Waals surface area contributed by atoms with E-state index in [4.69, 9.17) is 0 Å². The fourth-order valence-corrected chi connectivity index (χ4v) is 2.02. The number of H-pyrrole nitrogens is 1. The predicted octanol–water partition coefficient (Wildman–Crippen LogP) is 0.613. The van der Waals surface area contributed by atoms with Gasteiger partial charge in [-0.25, -0.2) is 0 Å². The highest BCUT2D eigenvalue weighted by atomic mass is 32.1. The van der Waals surface area contributed by atoms with Crippen LogP contribution in [0.5, 0.6) is 0 Å². The van der Waals surface area contributed by atoms with Crippen molar-refractivity contribution in [2.24, 2.45) is 0 Å². The van der Waals surface area contributed by atoms with Crippen molar-refractivity contribution < 1.29 is 0 Å². The molecule has 0 aliphatic heterocycles. The van der Waals surface area contributed by atoms with Crippen molar-refractivity contribution in [2.75, 3.05) is 7.05 Å². The Morgan fingerprint density at radius 3 is 3.13 bits per heavy atom. The summed E-state index contributed by atoms with van der Waals surface area (Å²) >= 11 is 1.48. The molecule has 0 radical (unpaired) electrons. The number of aromatic amines is 1. The Hall–Kier alpha value is -1.53. The first-order chi connectivity index (χ1) is 7.29. The van der Waals surface area contributed by atoms with Crippen molar-refractivity contribution >= 4 is 11.3 Å². The quantitative estimate of drug-likeness (QED) is 0.798. The van der Waals surface area contributed by atoms with E-state index in [-0.39, 0.29) is 5.56 Å². The van der Waals surface area contributed by atoms with Crippen LogP contribution in [0, 0.1) is 0 Å². The van der Waals surface area contributed by atoms with E-state index in [9.17, 15) is 4.79 Å². The van der Waals surface area contributed by atoms with Gasteiger partial charge in [0, 0.05) is 24.4 Å². The van der Waals surface area contributed by atoms with E-state index in [1.165, 1.54) is 17.4 Å². The molecule has 0 unspecified atom stereocenters. The standard InChI is InChI=1S/C9H10N4OS/c1-10-5-8-12-13-9(15-8)6-2-3-11-7(14)4-6/h2-4,10H,5H2,1H3,(H,11,14). The van der Waals surface area contributed by atoms with Crippen LogP contribution < -0.4 is 10.9 Å². The third kappa shape index (κ3) is 2.28. The predicted molar refractivity (Wildman–Crippen MR) is 58.7 cm³/mol. The summed E-state index contributed by atoms with van der Waals surface area (Å²) in [6.45, 7) is 0.695. The molecule has 0 spiro atoms. The van der Waals surface area contributed by atoms with Gasteiger partial charge in [0.2, 0.25) is 5.56 Å². The number of nitrogens with one attached hydrogen (secondary N) is 2. The number of hydrogen-bond acceptors (Lipinski definition) is 5. The number of rotatable bonds is 3. The van der Waals surface area contributed by atoms with Crippen molar-refractivity contribution in [1.82, 2.24) is 20.5 Å². The van der Waals surface area contributed by atoms with Crippen molar-refractivity contribution in [1.29, 1.82) is 0 Å². The summed E-state index contributed by atoms with van der Waals surface area (Å²) in [7, 11) is 1.86. The lowest BCUT2D eigenvalue weighted by Crippen LogP contribution is -2.04. The summed E-state index contributed by atoms with van der Waals surface area (Å²) in [5, 5.41) is 12.7. The Labute approximate surface area is 90.2 Å². The second-order valence-corrected chi connectivity index (χ2v) is 4.03. The molecule has 0 atom stereocenters. The second kappa shape index (κ2) is 4.33. The van der Waals surface area contributed by atoms with Gasteiger partial charge in [-0.05, 0) is 13.1 Å². The van der Waals surface area contributed by atoms with Crippen molar-refractivity contribution in [3.63, 3.8) is 0 Å². The lowest BCUT2D eigenvalue weighted by molar-refractivity contribution is 0.795. The van der Waals surface area contributed by atoms with E-state index in [0.717, 1.165) is 15.6 Å². The Kier molecular flexibility index (Phi) is 2.89. The summed E-state index contributed by atoms with van der Waals surface area (Å²) in [5.74, 6) is 0. The first-order valence-electron chi connectivity index (χ1n) is 4.45. The summed E-state index contributed by atoms with van der Waals surface area (Å²) in [5.41, 5.74) is 0.677. The van der Waals surface area contributed by atoms with E-state index in [2.05, 4.69) is 20.5 Å². The number of aromatic nitrogens is 3. The monoisotopic (exact) mass is 222 g/mol. The second-order valence-electron chi connectivity index (χ2n) is 2.97. The van der Waals surface area contributed by atoms with Gasteiger partial charge in [0.05, 0.1) is 0 Å². The fourth-order valence-electron chi connectivity index (χ4n) is 1.17. The van der Waals surface area contributed by atoms with E-state index in [0.29, 0.717) is 6.54 Å². The molecular weight excluding hydrogens is 212 g/mol. The average Bonchev–Trinajstić information content (AvgIpc) is 2.67. The molecule has 0 amide bonds. The minimum absolute atomic E-state index is 0.127. The molecule has 0 aliphatic rings. The Bertz CT molecular complexity index is 505. The SMILES string of the molecule is CNCc1nnc(-c2cc[nH]c(=O)c2)s1. The molecule has 2 aromatic heterocycles. The first kappa shape index (κ1) is 10.0. The molecular formula is C9H10N4OS. The molecule has 6 heteroatoms. The maximum Gasteiger partial charge on any atom is 0.248 e. The maximum atomic E-state index is 11.1. The summed E-state index contributed by atoms with van der Waals surface area (Å²) in [4.78, 5) is 13.6. The molecule has 78 valence electrons. The molecule has 2 N–H and O–H groups in total. The largest absolute Gasteiger partial charge is 0.329 e. The first-order valence-corrected chi connectivity index (χ1v) is 5.27. The molecule has 0 bridgehead atoms. The maximum absolute atomic E-state index is 11.1. The zero-order valence-corrected chi connectivity index (χ0v) is 8.97. The van der Waals surface area contributed by atoms with Crippen LogP contribution in [0.25, 0.3) is 10.6 Å². The van der Waals surface area contributed by atoms with Crippen LogP contribution in [0.3, 0.4) is 0 Å². The van der Waals surface area contributed by atoms with E-state index < -0.39 is 0 Å². The zero-order chi connectivity index (χ0) is 10.7. The van der Waals surface area contributed by atoms with Crippen molar-refractivity contribution in [2.45, 2.75) is 6.54 Å². The van der Waals surface area contributed by atoms with Gasteiger partial charge in [-0.2, -0.15) is 0 Å². The molecule has 0 aromatic carbocycles. The third-order valence-electron chi connectivity index (χ3n) is 1.82. The van der Waals surface area contributed by atoms with Gasteiger partial charge in [-0.15, -0.1) is 10.2 Å². The highest BCUT2D eigenvalue weighted by Gasteiger charge is 2.05. The van der Waals surface area contributed by atoms with Gasteiger partial charge in [-0.3, -0.25) is 4.79 Å². The number of hydrogen-bond donors (Lipinski definition) is 2. The molecule has 2 rings (SSSR count). The van der Waals surface area contributed by atoms with Crippen LogP contribution in [0.1, 0.15) is 5.01 Å². The minimum Gasteiger partial charge on any atom is -0.329 e. The van der Waals surface area contributed by atoms with E-state index in [1.54, 1.807) is 6.20 Å². The van der Waals surface area contributed by atoms with Gasteiger partial charge in [0.1, 0.15) is 10.0 Å². The molecule has 15 heavy (non-hydrogen) atoms. The molecule has 5 nitrogen and oxygen atoms in total. The smallest absolute Gasteiger partial charge is 0.248 e.